The quantitative estimate of drug-likeness (QED) is 0.841. The summed E-state index contributed by atoms with van der Waals surface area (Å²) in [5.41, 5.74) is 0.174. The van der Waals surface area contributed by atoms with Gasteiger partial charge in [-0.2, -0.15) is 13.2 Å². The fourth-order valence-electron chi connectivity index (χ4n) is 1.73. The summed E-state index contributed by atoms with van der Waals surface area (Å²) in [6.45, 7) is 1.86. The molecule has 0 fully saturated rings. The summed E-state index contributed by atoms with van der Waals surface area (Å²) in [6.07, 6.45) is -4.51. The normalized spacial score (nSPS) is 11.3. The zero-order valence-corrected chi connectivity index (χ0v) is 12.1. The number of ether oxygens (including phenoxy) is 1. The molecule has 2 aromatic rings. The van der Waals surface area contributed by atoms with Crippen LogP contribution in [-0.2, 0) is 10.9 Å². The SMILES string of the molecule is COC(=O)c1cc(C(F)(F)F)ccc1Nc1sccc1C. The van der Waals surface area contributed by atoms with Crippen LogP contribution in [0.4, 0.5) is 23.9 Å². The van der Waals surface area contributed by atoms with Crippen molar-refractivity contribution in [2.24, 2.45) is 0 Å². The molecule has 1 aromatic heterocycles. The highest BCUT2D eigenvalue weighted by Gasteiger charge is 2.32. The summed E-state index contributed by atoms with van der Waals surface area (Å²) in [5.74, 6) is -0.821. The van der Waals surface area contributed by atoms with E-state index in [9.17, 15) is 18.0 Å². The molecule has 0 aliphatic rings. The minimum atomic E-state index is -4.51. The Bertz CT molecular complexity index is 664. The molecule has 1 aromatic carbocycles. The first-order valence-corrected chi connectivity index (χ1v) is 6.81. The van der Waals surface area contributed by atoms with Crippen molar-refractivity contribution >= 4 is 28.0 Å². The highest BCUT2D eigenvalue weighted by molar-refractivity contribution is 7.14. The Balaban J connectivity index is 2.45. The number of halogens is 3. The first kappa shape index (κ1) is 15.4. The van der Waals surface area contributed by atoms with Crippen molar-refractivity contribution < 1.29 is 22.7 Å². The first-order valence-electron chi connectivity index (χ1n) is 5.93. The average Bonchev–Trinajstić information content (AvgIpc) is 2.82. The molecule has 3 nitrogen and oxygen atoms in total. The molecule has 1 heterocycles. The van der Waals surface area contributed by atoms with E-state index in [1.165, 1.54) is 17.4 Å². The maximum atomic E-state index is 12.7. The van der Waals surface area contributed by atoms with E-state index in [0.717, 1.165) is 29.8 Å². The van der Waals surface area contributed by atoms with Gasteiger partial charge < -0.3 is 10.1 Å². The third-order valence-corrected chi connectivity index (χ3v) is 3.79. The first-order chi connectivity index (χ1) is 9.82. The minimum absolute atomic E-state index is 0.153. The number of hydrogen-bond acceptors (Lipinski definition) is 4. The van der Waals surface area contributed by atoms with E-state index < -0.39 is 17.7 Å². The third kappa shape index (κ3) is 3.36. The molecule has 0 aliphatic carbocycles. The van der Waals surface area contributed by atoms with E-state index in [1.807, 2.05) is 18.4 Å². The number of carbonyl (C=O) groups is 1. The number of hydrogen-bond donors (Lipinski definition) is 1. The number of nitrogens with one attached hydrogen (secondary N) is 1. The van der Waals surface area contributed by atoms with Crippen LogP contribution in [0.25, 0.3) is 0 Å². The van der Waals surface area contributed by atoms with Gasteiger partial charge in [0.05, 0.1) is 28.9 Å². The number of alkyl halides is 3. The van der Waals surface area contributed by atoms with Gasteiger partial charge in [-0.1, -0.05) is 0 Å². The van der Waals surface area contributed by atoms with E-state index in [1.54, 1.807) is 0 Å². The molecule has 112 valence electrons. The minimum Gasteiger partial charge on any atom is -0.465 e. The number of aryl methyl sites for hydroxylation is 1. The van der Waals surface area contributed by atoms with Gasteiger partial charge in [-0.3, -0.25) is 0 Å². The van der Waals surface area contributed by atoms with Gasteiger partial charge in [0, 0.05) is 0 Å². The monoisotopic (exact) mass is 315 g/mol. The van der Waals surface area contributed by atoms with Crippen molar-refractivity contribution in [3.63, 3.8) is 0 Å². The molecule has 0 amide bonds. The number of esters is 1. The lowest BCUT2D eigenvalue weighted by Gasteiger charge is -2.13. The number of rotatable bonds is 3. The highest BCUT2D eigenvalue weighted by Crippen LogP contribution is 2.34. The zero-order valence-electron chi connectivity index (χ0n) is 11.2. The van der Waals surface area contributed by atoms with Crippen LogP contribution in [0.1, 0.15) is 21.5 Å². The van der Waals surface area contributed by atoms with Crippen LogP contribution in [-0.4, -0.2) is 13.1 Å². The summed E-state index contributed by atoms with van der Waals surface area (Å²) in [4.78, 5) is 11.7. The van der Waals surface area contributed by atoms with Gasteiger partial charge in [-0.05, 0) is 42.1 Å². The van der Waals surface area contributed by atoms with Gasteiger partial charge in [-0.25, -0.2) is 4.79 Å². The van der Waals surface area contributed by atoms with E-state index in [2.05, 4.69) is 10.1 Å². The van der Waals surface area contributed by atoms with Crippen molar-refractivity contribution in [1.29, 1.82) is 0 Å². The standard InChI is InChI=1S/C14H12F3NO2S/c1-8-5-6-21-12(8)18-11-4-3-9(14(15,16)17)7-10(11)13(19)20-2/h3-7,18H,1-2H3. The molecular formula is C14H12F3NO2S. The molecule has 21 heavy (non-hydrogen) atoms. The Kier molecular flexibility index (Phi) is 4.22. The van der Waals surface area contributed by atoms with Crippen LogP contribution in [0.3, 0.4) is 0 Å². The lowest BCUT2D eigenvalue weighted by molar-refractivity contribution is -0.137. The Hall–Kier alpha value is -2.02. The summed E-state index contributed by atoms with van der Waals surface area (Å²) >= 11 is 1.40. The van der Waals surface area contributed by atoms with Crippen LogP contribution in [0, 0.1) is 6.92 Å². The van der Waals surface area contributed by atoms with Crippen molar-refractivity contribution in [3.8, 4) is 0 Å². The molecule has 0 bridgehead atoms. The van der Waals surface area contributed by atoms with Crippen LogP contribution >= 0.6 is 11.3 Å². The number of thiophene rings is 1. The molecule has 2 rings (SSSR count). The molecule has 0 saturated heterocycles. The zero-order chi connectivity index (χ0) is 15.6. The highest BCUT2D eigenvalue weighted by atomic mass is 32.1. The van der Waals surface area contributed by atoms with E-state index in [-0.39, 0.29) is 11.3 Å². The number of anilines is 2. The van der Waals surface area contributed by atoms with Crippen molar-refractivity contribution in [1.82, 2.24) is 0 Å². The smallest absolute Gasteiger partial charge is 0.416 e. The van der Waals surface area contributed by atoms with Gasteiger partial charge in [0.25, 0.3) is 0 Å². The van der Waals surface area contributed by atoms with E-state index in [4.69, 9.17) is 0 Å². The second-order valence-electron chi connectivity index (χ2n) is 4.31. The van der Waals surface area contributed by atoms with Crippen LogP contribution < -0.4 is 5.32 Å². The lowest BCUT2D eigenvalue weighted by atomic mass is 10.1. The predicted octanol–water partition coefficient (Wildman–Crippen LogP) is 4.61. The summed E-state index contributed by atoms with van der Waals surface area (Å²) in [6, 6.07) is 4.82. The van der Waals surface area contributed by atoms with Gasteiger partial charge in [0.15, 0.2) is 0 Å². The molecule has 7 heteroatoms. The number of methoxy groups -OCH3 is 1. The third-order valence-electron chi connectivity index (χ3n) is 2.86. The van der Waals surface area contributed by atoms with Crippen LogP contribution in [0.5, 0.6) is 0 Å². The maximum Gasteiger partial charge on any atom is 0.416 e. The summed E-state index contributed by atoms with van der Waals surface area (Å²) in [5, 5.41) is 5.58. The van der Waals surface area contributed by atoms with Gasteiger partial charge in [-0.15, -0.1) is 11.3 Å². The summed E-state index contributed by atoms with van der Waals surface area (Å²) in [7, 11) is 1.13. The Morgan fingerprint density at radius 2 is 2.00 bits per heavy atom. The Morgan fingerprint density at radius 1 is 1.29 bits per heavy atom. The fourth-order valence-corrected chi connectivity index (χ4v) is 2.56. The van der Waals surface area contributed by atoms with Gasteiger partial charge in [0.1, 0.15) is 0 Å². The van der Waals surface area contributed by atoms with Crippen molar-refractivity contribution in [2.45, 2.75) is 13.1 Å². The molecule has 0 atom stereocenters. The van der Waals surface area contributed by atoms with Gasteiger partial charge >= 0.3 is 12.1 Å². The van der Waals surface area contributed by atoms with Gasteiger partial charge in [0.2, 0.25) is 0 Å². The Morgan fingerprint density at radius 3 is 2.52 bits per heavy atom. The van der Waals surface area contributed by atoms with E-state index >= 15 is 0 Å². The molecule has 1 N–H and O–H groups in total. The number of benzene rings is 1. The topological polar surface area (TPSA) is 38.3 Å². The summed E-state index contributed by atoms with van der Waals surface area (Å²) < 4.78 is 42.8. The van der Waals surface area contributed by atoms with Crippen molar-refractivity contribution in [3.05, 3.63) is 46.3 Å². The maximum absolute atomic E-state index is 12.7. The fraction of sp³-hybridized carbons (Fsp3) is 0.214. The van der Waals surface area contributed by atoms with Crippen LogP contribution in [0.2, 0.25) is 0 Å². The average molecular weight is 315 g/mol. The molecule has 0 aliphatic heterocycles. The number of carbonyl (C=O) groups excluding carboxylic acids is 1. The molecule has 0 radical (unpaired) electrons. The van der Waals surface area contributed by atoms with Crippen molar-refractivity contribution in [2.75, 3.05) is 12.4 Å². The lowest BCUT2D eigenvalue weighted by Crippen LogP contribution is -2.10. The molecular weight excluding hydrogens is 303 g/mol. The molecule has 0 spiro atoms. The van der Waals surface area contributed by atoms with Crippen LogP contribution in [0.15, 0.2) is 29.6 Å². The second kappa shape index (κ2) is 5.77. The van der Waals surface area contributed by atoms with E-state index in [0.29, 0.717) is 0 Å². The predicted molar refractivity (Wildman–Crippen MR) is 75.1 cm³/mol. The second-order valence-corrected chi connectivity index (χ2v) is 5.22. The molecule has 0 saturated carbocycles. The largest absolute Gasteiger partial charge is 0.465 e. The molecule has 0 unspecified atom stereocenters. The Labute approximate surface area is 123 Å².